The van der Waals surface area contributed by atoms with Gasteiger partial charge in [-0.05, 0) is 57.4 Å². The Morgan fingerprint density at radius 3 is 1.95 bits per heavy atom. The van der Waals surface area contributed by atoms with Crippen molar-refractivity contribution in [3.8, 4) is 0 Å². The summed E-state index contributed by atoms with van der Waals surface area (Å²) in [6.07, 6.45) is 15.3. The van der Waals surface area contributed by atoms with E-state index >= 15 is 0 Å². The van der Waals surface area contributed by atoms with Crippen LogP contribution in [0.2, 0.25) is 0 Å². The van der Waals surface area contributed by atoms with E-state index in [2.05, 4.69) is 50.0 Å². The van der Waals surface area contributed by atoms with E-state index in [0.717, 1.165) is 17.8 Å². The molecular formula is C18H27N. The molecule has 19 heavy (non-hydrogen) atoms. The number of nitrogens with one attached hydrogen (secondary N) is 1. The third-order valence-electron chi connectivity index (χ3n) is 2.74. The number of hydrogen-bond acceptors (Lipinski definition) is 1. The smallest absolute Gasteiger partial charge is 0.0413 e. The van der Waals surface area contributed by atoms with Crippen molar-refractivity contribution in [2.75, 3.05) is 0 Å². The zero-order valence-corrected chi connectivity index (χ0v) is 13.0. The van der Waals surface area contributed by atoms with Crippen LogP contribution >= 0.6 is 0 Å². The van der Waals surface area contributed by atoms with Crippen LogP contribution in [0.1, 0.15) is 41.0 Å². The molecule has 0 unspecified atom stereocenters. The molecule has 0 aromatic carbocycles. The van der Waals surface area contributed by atoms with Gasteiger partial charge in [0, 0.05) is 11.4 Å². The number of allylic oxidation sites excluding steroid dienone is 9. The van der Waals surface area contributed by atoms with Crippen molar-refractivity contribution in [3.63, 3.8) is 0 Å². The predicted octanol–water partition coefficient (Wildman–Crippen LogP) is 5.43. The number of rotatable bonds is 7. The first kappa shape index (κ1) is 17.2. The Hall–Kier alpha value is -1.76. The largest absolute Gasteiger partial charge is 0.355 e. The van der Waals surface area contributed by atoms with Crippen LogP contribution in [0.4, 0.5) is 0 Å². The maximum atomic E-state index is 3.89. The lowest BCUT2D eigenvalue weighted by Crippen LogP contribution is -2.13. The summed E-state index contributed by atoms with van der Waals surface area (Å²) in [6, 6.07) is 0. The topological polar surface area (TPSA) is 12.0 Å². The second kappa shape index (κ2) is 10.2. The third-order valence-corrected chi connectivity index (χ3v) is 2.74. The molecule has 1 nitrogen and oxygen atoms in total. The molecule has 0 saturated carbocycles. The first-order chi connectivity index (χ1) is 9.14. The van der Waals surface area contributed by atoms with E-state index in [1.807, 2.05) is 39.0 Å². The molecule has 0 aromatic rings. The lowest BCUT2D eigenvalue weighted by molar-refractivity contribution is 0.974. The van der Waals surface area contributed by atoms with Crippen LogP contribution in [-0.2, 0) is 0 Å². The predicted molar refractivity (Wildman–Crippen MR) is 87.8 cm³/mol. The maximum absolute atomic E-state index is 3.89. The van der Waals surface area contributed by atoms with Crippen LogP contribution in [0.15, 0.2) is 71.7 Å². The molecule has 1 heteroatoms. The van der Waals surface area contributed by atoms with E-state index in [1.165, 1.54) is 11.1 Å². The highest BCUT2D eigenvalue weighted by molar-refractivity contribution is 5.39. The summed E-state index contributed by atoms with van der Waals surface area (Å²) < 4.78 is 0. The van der Waals surface area contributed by atoms with Crippen LogP contribution in [-0.4, -0.2) is 0 Å². The normalized spacial score (nSPS) is 15.0. The van der Waals surface area contributed by atoms with E-state index in [4.69, 9.17) is 0 Å². The minimum Gasteiger partial charge on any atom is -0.355 e. The fourth-order valence-corrected chi connectivity index (χ4v) is 1.79. The highest BCUT2D eigenvalue weighted by Crippen LogP contribution is 2.14. The van der Waals surface area contributed by atoms with Gasteiger partial charge in [-0.2, -0.15) is 0 Å². The molecular weight excluding hydrogens is 230 g/mol. The van der Waals surface area contributed by atoms with Gasteiger partial charge in [-0.3, -0.25) is 0 Å². The minimum atomic E-state index is 0.990. The zero-order valence-electron chi connectivity index (χ0n) is 13.0. The molecule has 104 valence electrons. The van der Waals surface area contributed by atoms with Crippen molar-refractivity contribution >= 4 is 0 Å². The van der Waals surface area contributed by atoms with Gasteiger partial charge in [-0.25, -0.2) is 0 Å². The van der Waals surface area contributed by atoms with Gasteiger partial charge in [0.1, 0.15) is 0 Å². The van der Waals surface area contributed by atoms with Gasteiger partial charge < -0.3 is 5.32 Å². The second-order valence-corrected chi connectivity index (χ2v) is 4.22. The molecule has 0 spiro atoms. The van der Waals surface area contributed by atoms with Crippen LogP contribution in [0.3, 0.4) is 0 Å². The molecule has 0 aromatic heterocycles. The summed E-state index contributed by atoms with van der Waals surface area (Å²) in [5.41, 5.74) is 4.63. The van der Waals surface area contributed by atoms with Gasteiger partial charge in [0.05, 0.1) is 0 Å². The SMILES string of the molecule is C=C/C(NC(/C=C\C)=C(/C=C\C)CC)=C(C)\C=C/C. The van der Waals surface area contributed by atoms with Crippen molar-refractivity contribution in [1.29, 1.82) is 0 Å². The maximum Gasteiger partial charge on any atom is 0.0413 e. The summed E-state index contributed by atoms with van der Waals surface area (Å²) in [4.78, 5) is 0. The van der Waals surface area contributed by atoms with E-state index in [-0.39, 0.29) is 0 Å². The Morgan fingerprint density at radius 1 is 0.947 bits per heavy atom. The zero-order chi connectivity index (χ0) is 14.7. The highest BCUT2D eigenvalue weighted by Gasteiger charge is 2.02. The Labute approximate surface area is 118 Å². The molecule has 0 amide bonds. The third kappa shape index (κ3) is 6.10. The molecule has 0 aliphatic rings. The summed E-state index contributed by atoms with van der Waals surface area (Å²) in [5.74, 6) is 0. The second-order valence-electron chi connectivity index (χ2n) is 4.22. The molecule has 0 bridgehead atoms. The van der Waals surface area contributed by atoms with Gasteiger partial charge in [-0.1, -0.05) is 43.9 Å². The van der Waals surface area contributed by atoms with Crippen molar-refractivity contribution in [1.82, 2.24) is 5.32 Å². The average Bonchev–Trinajstić information content (AvgIpc) is 2.41. The van der Waals surface area contributed by atoms with E-state index < -0.39 is 0 Å². The van der Waals surface area contributed by atoms with Crippen LogP contribution in [0.25, 0.3) is 0 Å². The van der Waals surface area contributed by atoms with E-state index in [9.17, 15) is 0 Å². The van der Waals surface area contributed by atoms with Crippen molar-refractivity contribution in [2.24, 2.45) is 0 Å². The molecule has 0 fully saturated rings. The van der Waals surface area contributed by atoms with Gasteiger partial charge in [0.15, 0.2) is 0 Å². The fraction of sp³-hybridized carbons (Fsp3) is 0.333. The lowest BCUT2D eigenvalue weighted by atomic mass is 10.1. The molecule has 0 rings (SSSR count). The Bertz CT molecular complexity index is 429. The van der Waals surface area contributed by atoms with Crippen LogP contribution < -0.4 is 5.32 Å². The summed E-state index contributed by atoms with van der Waals surface area (Å²) >= 11 is 0. The fourth-order valence-electron chi connectivity index (χ4n) is 1.79. The van der Waals surface area contributed by atoms with Crippen LogP contribution in [0, 0.1) is 0 Å². The van der Waals surface area contributed by atoms with E-state index in [0.29, 0.717) is 0 Å². The Balaban J connectivity index is 5.57. The molecule has 1 N–H and O–H groups in total. The first-order valence-electron chi connectivity index (χ1n) is 6.86. The Kier molecular flexibility index (Phi) is 9.25. The highest BCUT2D eigenvalue weighted by atomic mass is 14.9. The summed E-state index contributed by atoms with van der Waals surface area (Å²) in [7, 11) is 0. The molecule has 0 aliphatic heterocycles. The Morgan fingerprint density at radius 2 is 1.53 bits per heavy atom. The molecule has 0 atom stereocenters. The van der Waals surface area contributed by atoms with Gasteiger partial charge >= 0.3 is 0 Å². The molecule has 0 aliphatic carbocycles. The van der Waals surface area contributed by atoms with Gasteiger partial charge in [0.25, 0.3) is 0 Å². The van der Waals surface area contributed by atoms with Crippen LogP contribution in [0.5, 0.6) is 0 Å². The summed E-state index contributed by atoms with van der Waals surface area (Å²) in [5, 5.41) is 3.48. The monoisotopic (exact) mass is 257 g/mol. The van der Waals surface area contributed by atoms with Crippen molar-refractivity contribution in [2.45, 2.75) is 41.0 Å². The number of hydrogen-bond donors (Lipinski definition) is 1. The average molecular weight is 257 g/mol. The molecule has 0 radical (unpaired) electrons. The van der Waals surface area contributed by atoms with Gasteiger partial charge in [-0.15, -0.1) is 0 Å². The molecule has 0 saturated heterocycles. The summed E-state index contributed by atoms with van der Waals surface area (Å²) in [6.45, 7) is 14.2. The van der Waals surface area contributed by atoms with Crippen molar-refractivity contribution < 1.29 is 0 Å². The molecule has 0 heterocycles. The first-order valence-corrected chi connectivity index (χ1v) is 6.86. The standard InChI is InChI=1S/C18H27N/c1-7-12-15(6)17(11-5)19-18(14-9-3)16(10-4)13-8-2/h7-9,11-14,19H,5,10H2,1-4,6H3/b12-7-,13-8-,14-9-,17-15+,18-16+. The lowest BCUT2D eigenvalue weighted by Gasteiger charge is -2.14. The van der Waals surface area contributed by atoms with E-state index in [1.54, 1.807) is 0 Å². The van der Waals surface area contributed by atoms with Crippen molar-refractivity contribution in [3.05, 3.63) is 71.7 Å². The quantitative estimate of drug-likeness (QED) is 0.600. The van der Waals surface area contributed by atoms with Gasteiger partial charge in [0.2, 0.25) is 0 Å². The minimum absolute atomic E-state index is 0.990.